The van der Waals surface area contributed by atoms with E-state index in [9.17, 15) is 4.91 Å². The Balaban J connectivity index is 1.93. The highest BCUT2D eigenvalue weighted by Gasteiger charge is 2.26. The van der Waals surface area contributed by atoms with E-state index < -0.39 is 0 Å². The van der Waals surface area contributed by atoms with Gasteiger partial charge in [0.2, 0.25) is 0 Å². The summed E-state index contributed by atoms with van der Waals surface area (Å²) in [4.78, 5) is 17.4. The van der Waals surface area contributed by atoms with Gasteiger partial charge in [-0.25, -0.2) is 0 Å². The van der Waals surface area contributed by atoms with E-state index in [2.05, 4.69) is 15.1 Å². The topological polar surface area (TPSA) is 45.6 Å². The van der Waals surface area contributed by atoms with E-state index in [0.29, 0.717) is 5.02 Å². The maximum atomic E-state index is 11.0. The molecule has 0 aliphatic carbocycles. The molecular weight excluding hydrogens is 274 g/mol. The van der Waals surface area contributed by atoms with E-state index in [4.69, 9.17) is 11.6 Å². The molecule has 1 aromatic heterocycles. The van der Waals surface area contributed by atoms with Gasteiger partial charge in [0.1, 0.15) is 6.04 Å². The van der Waals surface area contributed by atoms with Crippen molar-refractivity contribution in [1.29, 1.82) is 0 Å². The SMILES string of the molecule is O=NC1CCN(Cc2cccnc2)c2ccc(Cl)cc21. The Morgan fingerprint density at radius 3 is 3.05 bits per heavy atom. The lowest BCUT2D eigenvalue weighted by Gasteiger charge is -2.33. The largest absolute Gasteiger partial charge is 0.367 e. The van der Waals surface area contributed by atoms with Crippen molar-refractivity contribution >= 4 is 17.3 Å². The number of hydrogen-bond donors (Lipinski definition) is 0. The monoisotopic (exact) mass is 287 g/mol. The number of benzene rings is 1. The lowest BCUT2D eigenvalue weighted by Crippen LogP contribution is -2.30. The van der Waals surface area contributed by atoms with E-state index >= 15 is 0 Å². The quantitative estimate of drug-likeness (QED) is 0.803. The number of fused-ring (bicyclic) bond motifs is 1. The van der Waals surface area contributed by atoms with Gasteiger partial charge in [0.05, 0.1) is 0 Å². The van der Waals surface area contributed by atoms with Crippen molar-refractivity contribution in [1.82, 2.24) is 4.98 Å². The Hall–Kier alpha value is -1.94. The number of nitroso groups, excluding NO2 is 1. The Morgan fingerprint density at radius 1 is 1.40 bits per heavy atom. The summed E-state index contributed by atoms with van der Waals surface area (Å²) in [5, 5.41) is 3.86. The number of pyridine rings is 1. The number of hydrogen-bond acceptors (Lipinski definition) is 4. The molecule has 1 atom stereocenters. The summed E-state index contributed by atoms with van der Waals surface area (Å²) in [6.45, 7) is 1.58. The third-order valence-corrected chi connectivity index (χ3v) is 3.82. The average molecular weight is 288 g/mol. The molecule has 1 aliphatic rings. The smallest absolute Gasteiger partial charge is 0.121 e. The molecular formula is C15H14ClN3O. The maximum Gasteiger partial charge on any atom is 0.121 e. The Kier molecular flexibility index (Phi) is 3.65. The second-order valence-corrected chi connectivity index (χ2v) is 5.33. The summed E-state index contributed by atoms with van der Waals surface area (Å²) < 4.78 is 0. The highest BCUT2D eigenvalue weighted by molar-refractivity contribution is 6.30. The summed E-state index contributed by atoms with van der Waals surface area (Å²) in [6, 6.07) is 9.34. The van der Waals surface area contributed by atoms with Crippen molar-refractivity contribution in [2.24, 2.45) is 5.18 Å². The summed E-state index contributed by atoms with van der Waals surface area (Å²) in [5.41, 5.74) is 3.10. The van der Waals surface area contributed by atoms with Crippen molar-refractivity contribution in [2.45, 2.75) is 19.0 Å². The number of aromatic nitrogens is 1. The van der Waals surface area contributed by atoms with E-state index in [1.165, 1.54) is 0 Å². The highest BCUT2D eigenvalue weighted by Crippen LogP contribution is 2.38. The van der Waals surface area contributed by atoms with Gasteiger partial charge in [-0.2, -0.15) is 4.91 Å². The molecule has 1 aromatic carbocycles. The first kappa shape index (κ1) is 13.1. The molecule has 0 radical (unpaired) electrons. The maximum absolute atomic E-state index is 11.0. The van der Waals surface area contributed by atoms with Crippen LogP contribution >= 0.6 is 11.6 Å². The van der Waals surface area contributed by atoms with Crippen LogP contribution < -0.4 is 4.90 Å². The van der Waals surface area contributed by atoms with Crippen LogP contribution in [0.25, 0.3) is 0 Å². The van der Waals surface area contributed by atoms with Gasteiger partial charge in [0, 0.05) is 41.8 Å². The Morgan fingerprint density at radius 2 is 2.30 bits per heavy atom. The standard InChI is InChI=1S/C15H14ClN3O/c16-12-3-4-15-13(8-12)14(18-20)5-7-19(15)10-11-2-1-6-17-9-11/h1-4,6,8-9,14H,5,7,10H2. The van der Waals surface area contributed by atoms with E-state index in [1.54, 1.807) is 6.20 Å². The minimum atomic E-state index is -0.297. The van der Waals surface area contributed by atoms with Crippen LogP contribution in [0.4, 0.5) is 5.69 Å². The molecule has 0 spiro atoms. The van der Waals surface area contributed by atoms with Crippen LogP contribution in [0, 0.1) is 4.91 Å². The van der Waals surface area contributed by atoms with Crippen molar-refractivity contribution < 1.29 is 0 Å². The molecule has 4 nitrogen and oxygen atoms in total. The van der Waals surface area contributed by atoms with Crippen LogP contribution in [0.3, 0.4) is 0 Å². The first-order valence-corrected chi connectivity index (χ1v) is 6.91. The molecule has 0 fully saturated rings. The second kappa shape index (κ2) is 5.59. The summed E-state index contributed by atoms with van der Waals surface area (Å²) >= 11 is 6.03. The van der Waals surface area contributed by atoms with Crippen LogP contribution in [0.5, 0.6) is 0 Å². The number of rotatable bonds is 3. The first-order chi connectivity index (χ1) is 9.78. The van der Waals surface area contributed by atoms with Gasteiger partial charge in [-0.05, 0) is 36.2 Å². The summed E-state index contributed by atoms with van der Waals surface area (Å²) in [6.07, 6.45) is 4.34. The molecule has 0 saturated carbocycles. The lowest BCUT2D eigenvalue weighted by atomic mass is 9.96. The summed E-state index contributed by atoms with van der Waals surface area (Å²) in [5.74, 6) is 0. The van der Waals surface area contributed by atoms with Crippen molar-refractivity contribution in [2.75, 3.05) is 11.4 Å². The van der Waals surface area contributed by atoms with Crippen molar-refractivity contribution in [3.63, 3.8) is 0 Å². The molecule has 1 aliphatic heterocycles. The predicted octanol–water partition coefficient (Wildman–Crippen LogP) is 3.95. The van der Waals surface area contributed by atoms with Crippen LogP contribution in [0.1, 0.15) is 23.6 Å². The fraction of sp³-hybridized carbons (Fsp3) is 0.267. The molecule has 2 heterocycles. The highest BCUT2D eigenvalue weighted by atomic mass is 35.5. The molecule has 5 heteroatoms. The lowest BCUT2D eigenvalue weighted by molar-refractivity contribution is 0.589. The van der Waals surface area contributed by atoms with Gasteiger partial charge in [-0.1, -0.05) is 22.8 Å². The zero-order chi connectivity index (χ0) is 13.9. The number of anilines is 1. The molecule has 3 rings (SSSR count). The van der Waals surface area contributed by atoms with Gasteiger partial charge in [0.25, 0.3) is 0 Å². The third kappa shape index (κ3) is 2.51. The van der Waals surface area contributed by atoms with Gasteiger partial charge < -0.3 is 4.90 Å². The van der Waals surface area contributed by atoms with Crippen LogP contribution in [-0.4, -0.2) is 11.5 Å². The molecule has 0 N–H and O–H groups in total. The molecule has 20 heavy (non-hydrogen) atoms. The van der Waals surface area contributed by atoms with E-state index in [1.807, 2.05) is 36.5 Å². The molecule has 2 aromatic rings. The van der Waals surface area contributed by atoms with Gasteiger partial charge in [-0.15, -0.1) is 0 Å². The summed E-state index contributed by atoms with van der Waals surface area (Å²) in [7, 11) is 0. The first-order valence-electron chi connectivity index (χ1n) is 6.53. The fourth-order valence-corrected chi connectivity index (χ4v) is 2.80. The molecule has 0 amide bonds. The second-order valence-electron chi connectivity index (χ2n) is 4.90. The van der Waals surface area contributed by atoms with E-state index in [-0.39, 0.29) is 6.04 Å². The number of halogens is 1. The van der Waals surface area contributed by atoms with Gasteiger partial charge >= 0.3 is 0 Å². The van der Waals surface area contributed by atoms with Crippen LogP contribution in [0.15, 0.2) is 47.9 Å². The predicted molar refractivity (Wildman–Crippen MR) is 79.9 cm³/mol. The number of nitrogens with zero attached hydrogens (tertiary/aromatic N) is 3. The Labute approximate surface area is 122 Å². The molecule has 0 saturated heterocycles. The molecule has 1 unspecified atom stereocenters. The normalized spacial score (nSPS) is 17.6. The molecule has 102 valence electrons. The molecule has 0 bridgehead atoms. The van der Waals surface area contributed by atoms with Gasteiger partial charge in [0.15, 0.2) is 0 Å². The van der Waals surface area contributed by atoms with Crippen molar-refractivity contribution in [3.8, 4) is 0 Å². The zero-order valence-corrected chi connectivity index (χ0v) is 11.6. The van der Waals surface area contributed by atoms with Gasteiger partial charge in [-0.3, -0.25) is 4.98 Å². The Bertz CT molecular complexity index is 618. The van der Waals surface area contributed by atoms with Crippen LogP contribution in [-0.2, 0) is 6.54 Å². The average Bonchev–Trinajstić information content (AvgIpc) is 2.48. The fourth-order valence-electron chi connectivity index (χ4n) is 2.62. The minimum Gasteiger partial charge on any atom is -0.367 e. The van der Waals surface area contributed by atoms with Crippen molar-refractivity contribution in [3.05, 3.63) is 63.8 Å². The zero-order valence-electron chi connectivity index (χ0n) is 10.9. The van der Waals surface area contributed by atoms with E-state index in [0.717, 1.165) is 36.3 Å². The van der Waals surface area contributed by atoms with Crippen LogP contribution in [0.2, 0.25) is 5.02 Å². The third-order valence-electron chi connectivity index (χ3n) is 3.59. The minimum absolute atomic E-state index is 0.297.